The quantitative estimate of drug-likeness (QED) is 0.100. The second-order valence-electron chi connectivity index (χ2n) is 19.8. The molecular weight excluding hydrogens is 845 g/mol. The molecule has 0 aliphatic heterocycles. The Labute approximate surface area is 418 Å². The van der Waals surface area contributed by atoms with Crippen molar-refractivity contribution in [2.45, 2.75) is 78.6 Å². The van der Waals surface area contributed by atoms with Gasteiger partial charge in [-0.05, 0) is 183 Å². The van der Waals surface area contributed by atoms with E-state index in [9.17, 15) is 0 Å². The predicted octanol–water partition coefficient (Wildman–Crippen LogP) is 18.3. The summed E-state index contributed by atoms with van der Waals surface area (Å²) >= 11 is 0. The Balaban J connectivity index is 0.805. The predicted molar refractivity (Wildman–Crippen MR) is 299 cm³/mol. The second-order valence-corrected chi connectivity index (χ2v) is 19.8. The van der Waals surface area contributed by atoms with Crippen molar-refractivity contribution in [1.29, 1.82) is 0 Å². The zero-order chi connectivity index (χ0) is 47.8. The fourth-order valence-electron chi connectivity index (χ4n) is 10.6. The first kappa shape index (κ1) is 46.3. The van der Waals surface area contributed by atoms with Gasteiger partial charge in [-0.15, -0.1) is 0 Å². The number of hydrogen-bond donors (Lipinski definition) is 0. The molecule has 10 rings (SSSR count). The first-order chi connectivity index (χ1) is 34.3. The van der Waals surface area contributed by atoms with E-state index in [4.69, 9.17) is 0 Å². The molecular formula is C68H66N2. The Hall–Kier alpha value is -7.42. The molecule has 0 spiro atoms. The Morgan fingerprint density at radius 2 is 1.03 bits per heavy atom. The van der Waals surface area contributed by atoms with Gasteiger partial charge < -0.3 is 9.80 Å². The molecule has 70 heavy (non-hydrogen) atoms. The average Bonchev–Trinajstić information content (AvgIpc) is 3.40. The van der Waals surface area contributed by atoms with Crippen molar-refractivity contribution in [3.8, 4) is 22.3 Å². The molecule has 0 bridgehead atoms. The maximum Gasteiger partial charge on any atom is 0.0490 e. The first-order valence-electron chi connectivity index (χ1n) is 25.6. The van der Waals surface area contributed by atoms with Crippen LogP contribution in [-0.4, -0.2) is 0 Å². The minimum absolute atomic E-state index is 0.410. The molecule has 0 saturated heterocycles. The number of nitrogens with zero attached hydrogens (tertiary/aromatic N) is 2. The molecule has 0 fully saturated rings. The van der Waals surface area contributed by atoms with E-state index in [-0.39, 0.29) is 0 Å². The van der Waals surface area contributed by atoms with Crippen molar-refractivity contribution in [1.82, 2.24) is 0 Å². The maximum absolute atomic E-state index is 2.52. The highest BCUT2D eigenvalue weighted by molar-refractivity contribution is 5.77. The van der Waals surface area contributed by atoms with Crippen molar-refractivity contribution in [3.63, 3.8) is 0 Å². The molecule has 7 aromatic carbocycles. The van der Waals surface area contributed by atoms with Gasteiger partial charge >= 0.3 is 0 Å². The van der Waals surface area contributed by atoms with Crippen LogP contribution in [0.5, 0.6) is 0 Å². The van der Waals surface area contributed by atoms with Gasteiger partial charge in [-0.3, -0.25) is 0 Å². The van der Waals surface area contributed by atoms with Gasteiger partial charge in [0.05, 0.1) is 0 Å². The Morgan fingerprint density at radius 3 is 1.57 bits per heavy atom. The van der Waals surface area contributed by atoms with Crippen molar-refractivity contribution in [2.24, 2.45) is 11.8 Å². The lowest BCUT2D eigenvalue weighted by molar-refractivity contribution is 0.593. The van der Waals surface area contributed by atoms with Crippen LogP contribution in [0.1, 0.15) is 77.0 Å². The summed E-state index contributed by atoms with van der Waals surface area (Å²) in [7, 11) is 0. The van der Waals surface area contributed by atoms with E-state index in [1.165, 1.54) is 95.3 Å². The van der Waals surface area contributed by atoms with Crippen LogP contribution in [0.2, 0.25) is 0 Å². The third-order valence-electron chi connectivity index (χ3n) is 14.7. The Bertz CT molecular complexity index is 3090. The lowest BCUT2D eigenvalue weighted by Crippen LogP contribution is -2.21. The van der Waals surface area contributed by atoms with Gasteiger partial charge in [0.2, 0.25) is 0 Å². The molecule has 3 atom stereocenters. The summed E-state index contributed by atoms with van der Waals surface area (Å²) < 4.78 is 0. The number of hydrogen-bond acceptors (Lipinski definition) is 2. The SMILES string of the molecule is Cc1ccc(N(C2=CCC(/C=C/C3C=CC=CC3)C=C2)c2ccc(-c3ccc(-c4ccc(C5CC=C(N(c6ccc(CCc7ccccc7)cc6)c6ccc(C)cc6C)CC5)cc4)cc3)cc2)c(C)c1. The summed E-state index contributed by atoms with van der Waals surface area (Å²) in [5, 5.41) is 0. The van der Waals surface area contributed by atoms with Crippen LogP contribution in [0.25, 0.3) is 22.3 Å². The zero-order valence-corrected chi connectivity index (χ0v) is 41.4. The van der Waals surface area contributed by atoms with Crippen molar-refractivity contribution >= 4 is 22.7 Å². The van der Waals surface area contributed by atoms with E-state index in [2.05, 4.69) is 262 Å². The number of aryl methyl sites for hydroxylation is 6. The fourth-order valence-corrected chi connectivity index (χ4v) is 10.6. The Kier molecular flexibility index (Phi) is 14.2. The van der Waals surface area contributed by atoms with Crippen molar-refractivity contribution in [3.05, 3.63) is 275 Å². The van der Waals surface area contributed by atoms with Crippen LogP contribution in [0.4, 0.5) is 22.7 Å². The minimum atomic E-state index is 0.410. The van der Waals surface area contributed by atoms with Gasteiger partial charge in [0.15, 0.2) is 0 Å². The Morgan fingerprint density at radius 1 is 0.486 bits per heavy atom. The molecule has 0 N–H and O–H groups in total. The maximum atomic E-state index is 2.52. The molecule has 7 aromatic rings. The van der Waals surface area contributed by atoms with Gasteiger partial charge in [0, 0.05) is 34.1 Å². The largest absolute Gasteiger partial charge is 0.314 e. The fraction of sp³-hybridized carbons (Fsp3) is 0.206. The molecule has 0 saturated carbocycles. The van der Waals surface area contributed by atoms with Crippen LogP contribution in [-0.2, 0) is 12.8 Å². The van der Waals surface area contributed by atoms with Crippen molar-refractivity contribution in [2.75, 3.05) is 9.80 Å². The van der Waals surface area contributed by atoms with E-state index in [1.807, 2.05) is 0 Å². The summed E-state index contributed by atoms with van der Waals surface area (Å²) in [4.78, 5) is 4.94. The van der Waals surface area contributed by atoms with Gasteiger partial charge in [-0.1, -0.05) is 193 Å². The smallest absolute Gasteiger partial charge is 0.0490 e. The van der Waals surface area contributed by atoms with Gasteiger partial charge in [0.1, 0.15) is 0 Å². The average molecular weight is 911 g/mol. The number of rotatable bonds is 14. The topological polar surface area (TPSA) is 6.48 Å². The van der Waals surface area contributed by atoms with Gasteiger partial charge in [0.25, 0.3) is 0 Å². The van der Waals surface area contributed by atoms with E-state index in [0.717, 1.165) is 44.9 Å². The summed E-state index contributed by atoms with van der Waals surface area (Å²) in [6.45, 7) is 8.83. The lowest BCUT2D eigenvalue weighted by Gasteiger charge is -2.33. The van der Waals surface area contributed by atoms with Crippen LogP contribution < -0.4 is 9.80 Å². The molecule has 2 nitrogen and oxygen atoms in total. The van der Waals surface area contributed by atoms with Crippen LogP contribution >= 0.6 is 0 Å². The monoisotopic (exact) mass is 911 g/mol. The van der Waals surface area contributed by atoms with Crippen LogP contribution in [0.15, 0.2) is 236 Å². The number of allylic oxidation sites excluding steroid dienone is 11. The summed E-state index contributed by atoms with van der Waals surface area (Å²) in [5.74, 6) is 1.41. The molecule has 2 heteroatoms. The number of anilines is 4. The van der Waals surface area contributed by atoms with Crippen molar-refractivity contribution < 1.29 is 0 Å². The summed E-state index contributed by atoms with van der Waals surface area (Å²) in [5.41, 5.74) is 21.8. The standard InChI is InChI=1S/C68H66N2/c1-49-15-45-67(51(3)47-49)69(63-37-21-55(22-38-63)19-17-53-11-7-5-8-12-53)65-41-33-61(34-42-65)59-29-25-57(26-30-59)58-27-31-60(32-28-58)62-35-43-66(44-36-62)70(68-46-16-50(2)48-52(68)4)64-39-23-56(24-40-64)20-18-54-13-9-6-10-14-54/h5-13,15-16,18,20-23,25-32,35-41,43-48,54,56,61H,14,17,19,24,33-34,42H2,1-4H3/b20-18+. The van der Waals surface area contributed by atoms with E-state index >= 15 is 0 Å². The third-order valence-corrected chi connectivity index (χ3v) is 14.7. The molecule has 0 amide bonds. The third kappa shape index (κ3) is 10.9. The highest BCUT2D eigenvalue weighted by atomic mass is 15.2. The molecule has 3 unspecified atom stereocenters. The highest BCUT2D eigenvalue weighted by Gasteiger charge is 2.24. The highest BCUT2D eigenvalue weighted by Crippen LogP contribution is 2.41. The summed E-state index contributed by atoms with van der Waals surface area (Å²) in [6, 6.07) is 61.3. The minimum Gasteiger partial charge on any atom is -0.314 e. The van der Waals surface area contributed by atoms with Crippen LogP contribution in [0.3, 0.4) is 0 Å². The molecule has 0 heterocycles. The van der Waals surface area contributed by atoms with Crippen LogP contribution in [0, 0.1) is 39.5 Å². The second kappa shape index (κ2) is 21.5. The van der Waals surface area contributed by atoms with E-state index in [0.29, 0.717) is 17.8 Å². The zero-order valence-electron chi connectivity index (χ0n) is 41.4. The normalized spacial score (nSPS) is 17.6. The molecule has 348 valence electrons. The first-order valence-corrected chi connectivity index (χ1v) is 25.6. The molecule has 3 aliphatic carbocycles. The van der Waals surface area contributed by atoms with E-state index < -0.39 is 0 Å². The lowest BCUT2D eigenvalue weighted by atomic mass is 9.85. The van der Waals surface area contributed by atoms with E-state index in [1.54, 1.807) is 0 Å². The van der Waals surface area contributed by atoms with Gasteiger partial charge in [-0.2, -0.15) is 0 Å². The molecule has 0 radical (unpaired) electrons. The molecule has 3 aliphatic rings. The molecule has 0 aromatic heterocycles. The summed E-state index contributed by atoms with van der Waals surface area (Å²) in [6.07, 6.45) is 30.6. The van der Waals surface area contributed by atoms with Gasteiger partial charge in [-0.25, -0.2) is 0 Å². The number of benzene rings is 7.